The van der Waals surface area contributed by atoms with Gasteiger partial charge in [-0.05, 0) is 75.6 Å². The van der Waals surface area contributed by atoms with Crippen LogP contribution in [-0.4, -0.2) is 75.9 Å². The highest BCUT2D eigenvalue weighted by Crippen LogP contribution is 2.27. The summed E-state index contributed by atoms with van der Waals surface area (Å²) in [6, 6.07) is 10.4. The second-order valence-electron chi connectivity index (χ2n) is 9.98. The Balaban J connectivity index is 1.40. The Hall–Kier alpha value is -3.11. The van der Waals surface area contributed by atoms with E-state index < -0.39 is 0 Å². The molecule has 1 aromatic heterocycles. The molecule has 0 radical (unpaired) electrons. The molecule has 0 N–H and O–H groups in total. The number of likely N-dealkylation sites (tertiary alicyclic amines) is 2. The molecule has 7 heteroatoms. The molecular weight excluding hydrogens is 450 g/mol. The fourth-order valence-electron chi connectivity index (χ4n) is 6.05. The highest BCUT2D eigenvalue weighted by Gasteiger charge is 2.35. The number of nitrogens with zero attached hydrogens (tertiary/aromatic N) is 5. The number of rotatable bonds is 10. The largest absolute Gasteiger partial charge is 0.345 e. The van der Waals surface area contributed by atoms with E-state index in [-0.39, 0.29) is 30.4 Å². The maximum atomic E-state index is 13.4. The Kier molecular flexibility index (Phi) is 8.48. The van der Waals surface area contributed by atoms with E-state index >= 15 is 0 Å². The second-order valence-corrected chi connectivity index (χ2v) is 9.98. The van der Waals surface area contributed by atoms with Crippen LogP contribution in [0.3, 0.4) is 0 Å². The molecule has 0 aliphatic carbocycles. The number of carbonyl (C=O) groups is 2. The van der Waals surface area contributed by atoms with Crippen LogP contribution in [0.2, 0.25) is 0 Å². The van der Waals surface area contributed by atoms with Gasteiger partial charge in [0.25, 0.3) is 0 Å². The summed E-state index contributed by atoms with van der Waals surface area (Å²) in [7, 11) is 0. The number of nitriles is 1. The first-order chi connectivity index (χ1) is 17.5. The summed E-state index contributed by atoms with van der Waals surface area (Å²) >= 11 is 0. The Labute approximate surface area is 214 Å². The first-order valence-corrected chi connectivity index (χ1v) is 13.5. The third kappa shape index (κ3) is 5.34. The first-order valence-electron chi connectivity index (χ1n) is 13.5. The lowest BCUT2D eigenvalue weighted by Crippen LogP contribution is -2.55. The van der Waals surface area contributed by atoms with Crippen molar-refractivity contribution in [3.05, 3.63) is 48.2 Å². The lowest BCUT2D eigenvalue weighted by molar-refractivity contribution is -0.146. The van der Waals surface area contributed by atoms with Crippen molar-refractivity contribution >= 4 is 22.7 Å². The number of hydrogen-bond donors (Lipinski definition) is 0. The van der Waals surface area contributed by atoms with E-state index in [4.69, 9.17) is 0 Å². The van der Waals surface area contributed by atoms with Gasteiger partial charge in [-0.1, -0.05) is 19.1 Å². The fourth-order valence-corrected chi connectivity index (χ4v) is 6.05. The molecule has 2 atom stereocenters. The third-order valence-electron chi connectivity index (χ3n) is 7.91. The molecule has 0 spiro atoms. The molecule has 4 rings (SSSR count). The predicted octanol–water partition coefficient (Wildman–Crippen LogP) is 3.96. The molecule has 2 amide bonds. The maximum Gasteiger partial charge on any atom is 0.242 e. The van der Waals surface area contributed by atoms with Gasteiger partial charge in [0.1, 0.15) is 0 Å². The van der Waals surface area contributed by atoms with Crippen molar-refractivity contribution in [1.29, 1.82) is 5.26 Å². The summed E-state index contributed by atoms with van der Waals surface area (Å²) in [6.07, 6.45) is 7.43. The normalized spacial score (nSPS) is 20.3. The Bertz CT molecular complexity index is 1150. The standard InChI is InChI=1S/C29H39N5O2/c1-4-15-31(5-2)26-10-8-16-32(29(26)36)21-28(35)34-17-7-9-24(34)13-14-25-19-23-12-11-22(20-30)18-27(23)33(25)6-3/h4,11-12,18-19,24,26H,1,5-10,13-17,21H2,2-3H3/t24-,26-/m0/s1. The van der Waals surface area contributed by atoms with Crippen LogP contribution in [0.1, 0.15) is 57.2 Å². The third-order valence-corrected chi connectivity index (χ3v) is 7.91. The van der Waals surface area contributed by atoms with Gasteiger partial charge in [0.15, 0.2) is 0 Å². The molecule has 2 aromatic rings. The van der Waals surface area contributed by atoms with Crippen molar-refractivity contribution in [2.45, 2.75) is 71.0 Å². The molecule has 3 heterocycles. The minimum absolute atomic E-state index is 0.0768. The number of benzene rings is 1. The molecule has 7 nitrogen and oxygen atoms in total. The molecule has 192 valence electrons. The monoisotopic (exact) mass is 489 g/mol. The first kappa shape index (κ1) is 26.0. The van der Waals surface area contributed by atoms with Gasteiger partial charge in [-0.3, -0.25) is 14.5 Å². The van der Waals surface area contributed by atoms with E-state index in [2.05, 4.69) is 42.0 Å². The van der Waals surface area contributed by atoms with Gasteiger partial charge in [-0.25, -0.2) is 0 Å². The predicted molar refractivity (Wildman–Crippen MR) is 142 cm³/mol. The average Bonchev–Trinajstić information content (AvgIpc) is 3.51. The van der Waals surface area contributed by atoms with Gasteiger partial charge in [-0.15, -0.1) is 6.58 Å². The number of fused-ring (bicyclic) bond motifs is 1. The second kappa shape index (κ2) is 11.7. The lowest BCUT2D eigenvalue weighted by Gasteiger charge is -2.38. The van der Waals surface area contributed by atoms with Crippen LogP contribution < -0.4 is 0 Å². The van der Waals surface area contributed by atoms with Crippen molar-refractivity contribution in [3.63, 3.8) is 0 Å². The van der Waals surface area contributed by atoms with Crippen molar-refractivity contribution in [2.75, 3.05) is 32.7 Å². The molecule has 0 saturated carbocycles. The van der Waals surface area contributed by atoms with Crippen molar-refractivity contribution in [3.8, 4) is 6.07 Å². The summed E-state index contributed by atoms with van der Waals surface area (Å²) in [5.41, 5.74) is 3.02. The number of piperidine rings is 1. The number of hydrogen-bond acceptors (Lipinski definition) is 4. The van der Waals surface area contributed by atoms with E-state index in [1.807, 2.05) is 29.2 Å². The van der Waals surface area contributed by atoms with Crippen LogP contribution in [-0.2, 0) is 22.6 Å². The van der Waals surface area contributed by atoms with E-state index in [0.29, 0.717) is 18.7 Å². The van der Waals surface area contributed by atoms with Crippen LogP contribution in [0.15, 0.2) is 36.9 Å². The van der Waals surface area contributed by atoms with Crippen molar-refractivity contribution in [1.82, 2.24) is 19.3 Å². The zero-order valence-corrected chi connectivity index (χ0v) is 21.8. The smallest absolute Gasteiger partial charge is 0.242 e. The topological polar surface area (TPSA) is 72.6 Å². The van der Waals surface area contributed by atoms with Crippen molar-refractivity contribution < 1.29 is 9.59 Å². The number of likely N-dealkylation sites (N-methyl/N-ethyl adjacent to an activating group) is 1. The molecule has 0 unspecified atom stereocenters. The average molecular weight is 490 g/mol. The summed E-state index contributed by atoms with van der Waals surface area (Å²) < 4.78 is 2.28. The van der Waals surface area contributed by atoms with Gasteiger partial charge >= 0.3 is 0 Å². The molecule has 2 fully saturated rings. The minimum atomic E-state index is -0.151. The van der Waals surface area contributed by atoms with Crippen molar-refractivity contribution in [2.24, 2.45) is 0 Å². The van der Waals surface area contributed by atoms with Crippen LogP contribution in [0.5, 0.6) is 0 Å². The molecule has 2 aliphatic rings. The zero-order chi connectivity index (χ0) is 25.7. The van der Waals surface area contributed by atoms with Crippen LogP contribution in [0, 0.1) is 11.3 Å². The molecule has 2 aliphatic heterocycles. The number of carbonyl (C=O) groups excluding carboxylic acids is 2. The van der Waals surface area contributed by atoms with Crippen LogP contribution >= 0.6 is 0 Å². The van der Waals surface area contributed by atoms with E-state index in [9.17, 15) is 14.9 Å². The number of amides is 2. The Morgan fingerprint density at radius 3 is 2.75 bits per heavy atom. The molecular formula is C29H39N5O2. The van der Waals surface area contributed by atoms with Crippen LogP contribution in [0.25, 0.3) is 10.9 Å². The van der Waals surface area contributed by atoms with Gasteiger partial charge in [0, 0.05) is 43.4 Å². The molecule has 36 heavy (non-hydrogen) atoms. The summed E-state index contributed by atoms with van der Waals surface area (Å²) in [5, 5.41) is 10.4. The number of aryl methyl sites for hydroxylation is 2. The fraction of sp³-hybridized carbons (Fsp3) is 0.552. The molecule has 2 saturated heterocycles. The Morgan fingerprint density at radius 2 is 2.03 bits per heavy atom. The number of aromatic nitrogens is 1. The highest BCUT2D eigenvalue weighted by atomic mass is 16.2. The quantitative estimate of drug-likeness (QED) is 0.474. The van der Waals surface area contributed by atoms with E-state index in [1.54, 1.807) is 4.90 Å². The maximum absolute atomic E-state index is 13.4. The summed E-state index contributed by atoms with van der Waals surface area (Å²) in [6.45, 7) is 12.0. The summed E-state index contributed by atoms with van der Waals surface area (Å²) in [5.74, 6) is 0.159. The van der Waals surface area contributed by atoms with E-state index in [0.717, 1.165) is 69.1 Å². The highest BCUT2D eigenvalue weighted by molar-refractivity contribution is 5.88. The minimum Gasteiger partial charge on any atom is -0.345 e. The van der Waals surface area contributed by atoms with Gasteiger partial charge < -0.3 is 14.4 Å². The lowest BCUT2D eigenvalue weighted by atomic mass is 10.0. The molecule has 1 aromatic carbocycles. The zero-order valence-electron chi connectivity index (χ0n) is 21.8. The Morgan fingerprint density at radius 1 is 1.22 bits per heavy atom. The SMILES string of the molecule is C=CCN(CC)[C@H]1CCCN(CC(=O)N2CCC[C@H]2CCc2cc3ccc(C#N)cc3n2CC)C1=O. The van der Waals surface area contributed by atoms with Gasteiger partial charge in [-0.2, -0.15) is 5.26 Å². The van der Waals surface area contributed by atoms with E-state index in [1.165, 1.54) is 5.69 Å². The van der Waals surface area contributed by atoms with Gasteiger partial charge in [0.05, 0.1) is 24.2 Å². The van der Waals surface area contributed by atoms with Crippen LogP contribution in [0.4, 0.5) is 0 Å². The molecule has 0 bridgehead atoms. The summed E-state index contributed by atoms with van der Waals surface area (Å²) in [4.78, 5) is 32.5. The van der Waals surface area contributed by atoms with Gasteiger partial charge in [0.2, 0.25) is 11.8 Å².